The number of rotatable bonds is 4. The number of phenolic OH excluding ortho intramolecular Hbond substituents is 1. The molecular weight excluding hydrogens is 322 g/mol. The minimum absolute atomic E-state index is 0.0246. The average Bonchev–Trinajstić information content (AvgIpc) is 2.56. The molecule has 0 aliphatic rings. The summed E-state index contributed by atoms with van der Waals surface area (Å²) in [5.41, 5.74) is 0.647. The highest BCUT2D eigenvalue weighted by atomic mass is 35.5. The minimum Gasteiger partial charge on any atom is -0.507 e. The van der Waals surface area contributed by atoms with Crippen molar-refractivity contribution in [3.63, 3.8) is 0 Å². The second-order valence-corrected chi connectivity index (χ2v) is 4.96. The van der Waals surface area contributed by atoms with Crippen LogP contribution in [0.15, 0.2) is 36.4 Å². The number of phenols is 1. The lowest BCUT2D eigenvalue weighted by Crippen LogP contribution is -2.13. The molecule has 2 aromatic rings. The Bertz CT molecular complexity index is 760. The normalized spacial score (nSPS) is 10.0. The summed E-state index contributed by atoms with van der Waals surface area (Å²) in [6, 6.07) is 8.58. The summed E-state index contributed by atoms with van der Waals surface area (Å²) < 4.78 is 9.79. The Kier molecular flexibility index (Phi) is 5.08. The number of hydrogen-bond donors (Lipinski definition) is 2. The number of halogens is 1. The fraction of sp³-hybridized carbons (Fsp3) is 0.125. The van der Waals surface area contributed by atoms with Gasteiger partial charge in [-0.25, -0.2) is 4.79 Å². The van der Waals surface area contributed by atoms with Gasteiger partial charge in [-0.2, -0.15) is 0 Å². The third-order valence-electron chi connectivity index (χ3n) is 3.07. The van der Waals surface area contributed by atoms with E-state index >= 15 is 0 Å². The molecule has 0 aliphatic carbocycles. The molecule has 0 radical (unpaired) electrons. The Morgan fingerprint density at radius 1 is 1.13 bits per heavy atom. The van der Waals surface area contributed by atoms with Gasteiger partial charge in [-0.3, -0.25) is 4.79 Å². The van der Waals surface area contributed by atoms with E-state index < -0.39 is 11.9 Å². The van der Waals surface area contributed by atoms with Crippen molar-refractivity contribution in [2.24, 2.45) is 0 Å². The van der Waals surface area contributed by atoms with Crippen LogP contribution in [0, 0.1) is 0 Å². The van der Waals surface area contributed by atoms with E-state index in [0.717, 1.165) is 0 Å². The van der Waals surface area contributed by atoms with E-state index in [0.29, 0.717) is 10.7 Å². The van der Waals surface area contributed by atoms with Crippen molar-refractivity contribution in [1.29, 1.82) is 0 Å². The summed E-state index contributed by atoms with van der Waals surface area (Å²) >= 11 is 5.83. The van der Waals surface area contributed by atoms with E-state index in [9.17, 15) is 14.7 Å². The molecule has 2 rings (SSSR count). The number of amides is 1. The Morgan fingerprint density at radius 3 is 2.52 bits per heavy atom. The van der Waals surface area contributed by atoms with Crippen LogP contribution in [0.3, 0.4) is 0 Å². The second kappa shape index (κ2) is 7.02. The van der Waals surface area contributed by atoms with Crippen molar-refractivity contribution in [2.45, 2.75) is 0 Å². The van der Waals surface area contributed by atoms with Crippen LogP contribution in [0.1, 0.15) is 20.7 Å². The summed E-state index contributed by atoms with van der Waals surface area (Å²) in [6.07, 6.45) is 0. The van der Waals surface area contributed by atoms with Crippen LogP contribution >= 0.6 is 11.6 Å². The molecule has 0 saturated carbocycles. The van der Waals surface area contributed by atoms with Crippen molar-refractivity contribution in [3.05, 3.63) is 52.5 Å². The fourth-order valence-electron chi connectivity index (χ4n) is 1.92. The molecule has 1 amide bonds. The molecule has 7 heteroatoms. The maximum Gasteiger partial charge on any atom is 0.337 e. The first-order valence-corrected chi connectivity index (χ1v) is 6.90. The SMILES string of the molecule is COC(=O)c1ccc(NC(=O)c2cc(Cl)ccc2O)c(OC)c1. The lowest BCUT2D eigenvalue weighted by atomic mass is 10.1. The van der Waals surface area contributed by atoms with E-state index in [2.05, 4.69) is 10.1 Å². The number of esters is 1. The number of benzene rings is 2. The molecule has 0 bridgehead atoms. The number of anilines is 1. The molecule has 0 heterocycles. The minimum atomic E-state index is -0.561. The maximum atomic E-state index is 12.3. The number of ether oxygens (including phenoxy) is 2. The standard InChI is InChI=1S/C16H14ClNO5/c1-22-14-7-9(16(21)23-2)3-5-12(14)18-15(20)11-8-10(17)4-6-13(11)19/h3-8,19H,1-2H3,(H,18,20). The predicted molar refractivity (Wildman–Crippen MR) is 85.4 cm³/mol. The summed E-state index contributed by atoms with van der Waals surface area (Å²) in [5, 5.41) is 12.7. The predicted octanol–water partition coefficient (Wildman–Crippen LogP) is 3.09. The number of nitrogens with one attached hydrogen (secondary N) is 1. The van der Waals surface area contributed by atoms with Crippen LogP contribution < -0.4 is 10.1 Å². The van der Waals surface area contributed by atoms with E-state index in [-0.39, 0.29) is 22.6 Å². The maximum absolute atomic E-state index is 12.3. The van der Waals surface area contributed by atoms with Gasteiger partial charge < -0.3 is 19.9 Å². The molecule has 0 spiro atoms. The van der Waals surface area contributed by atoms with Crippen molar-refractivity contribution < 1.29 is 24.2 Å². The smallest absolute Gasteiger partial charge is 0.337 e. The van der Waals surface area contributed by atoms with Gasteiger partial charge in [-0.1, -0.05) is 11.6 Å². The quantitative estimate of drug-likeness (QED) is 0.839. The third kappa shape index (κ3) is 3.73. The lowest BCUT2D eigenvalue weighted by molar-refractivity contribution is 0.0600. The van der Waals surface area contributed by atoms with Crippen molar-refractivity contribution in [1.82, 2.24) is 0 Å². The summed E-state index contributed by atoms with van der Waals surface area (Å²) in [5.74, 6) is -0.998. The molecule has 2 N–H and O–H groups in total. The first-order chi connectivity index (χ1) is 11.0. The average molecular weight is 336 g/mol. The second-order valence-electron chi connectivity index (χ2n) is 4.52. The van der Waals surface area contributed by atoms with Gasteiger partial charge in [0.15, 0.2) is 0 Å². The van der Waals surface area contributed by atoms with Crippen molar-refractivity contribution in [3.8, 4) is 11.5 Å². The molecule has 0 unspecified atom stereocenters. The van der Waals surface area contributed by atoms with Crippen LogP contribution in [0.2, 0.25) is 5.02 Å². The molecular formula is C16H14ClNO5. The molecule has 0 aromatic heterocycles. The summed E-state index contributed by atoms with van der Waals surface area (Å²) in [7, 11) is 2.68. The molecule has 6 nitrogen and oxygen atoms in total. The van der Waals surface area contributed by atoms with Gasteiger partial charge in [0.25, 0.3) is 5.91 Å². The van der Waals surface area contributed by atoms with Gasteiger partial charge in [-0.05, 0) is 36.4 Å². The first kappa shape index (κ1) is 16.6. The summed E-state index contributed by atoms with van der Waals surface area (Å²) in [6.45, 7) is 0. The molecule has 0 aliphatic heterocycles. The number of methoxy groups -OCH3 is 2. The number of carbonyl (C=O) groups is 2. The van der Waals surface area contributed by atoms with Crippen LogP contribution in [0.5, 0.6) is 11.5 Å². The zero-order valence-electron chi connectivity index (χ0n) is 12.4. The largest absolute Gasteiger partial charge is 0.507 e. The van der Waals surface area contributed by atoms with Gasteiger partial charge in [0.05, 0.1) is 31.0 Å². The monoisotopic (exact) mass is 335 g/mol. The Labute approximate surface area is 137 Å². The van der Waals surface area contributed by atoms with Gasteiger partial charge in [0.1, 0.15) is 11.5 Å². The van der Waals surface area contributed by atoms with E-state index in [1.165, 1.54) is 50.6 Å². The number of hydrogen-bond acceptors (Lipinski definition) is 5. The highest BCUT2D eigenvalue weighted by Gasteiger charge is 2.16. The van der Waals surface area contributed by atoms with E-state index in [1.807, 2.05) is 0 Å². The van der Waals surface area contributed by atoms with Crippen LogP contribution in [-0.4, -0.2) is 31.2 Å². The fourth-order valence-corrected chi connectivity index (χ4v) is 2.09. The summed E-state index contributed by atoms with van der Waals surface area (Å²) in [4.78, 5) is 23.8. The zero-order chi connectivity index (χ0) is 17.0. The lowest BCUT2D eigenvalue weighted by Gasteiger charge is -2.12. The van der Waals surface area contributed by atoms with Gasteiger partial charge in [0.2, 0.25) is 0 Å². The third-order valence-corrected chi connectivity index (χ3v) is 3.31. The Balaban J connectivity index is 2.30. The topological polar surface area (TPSA) is 84.9 Å². The zero-order valence-corrected chi connectivity index (χ0v) is 13.2. The number of aromatic hydroxyl groups is 1. The highest BCUT2D eigenvalue weighted by Crippen LogP contribution is 2.28. The molecule has 0 saturated heterocycles. The Hall–Kier alpha value is -2.73. The van der Waals surface area contributed by atoms with Gasteiger partial charge >= 0.3 is 5.97 Å². The van der Waals surface area contributed by atoms with E-state index in [1.54, 1.807) is 0 Å². The van der Waals surface area contributed by atoms with Crippen LogP contribution in [-0.2, 0) is 4.74 Å². The van der Waals surface area contributed by atoms with Crippen LogP contribution in [0.25, 0.3) is 0 Å². The molecule has 2 aromatic carbocycles. The molecule has 0 atom stereocenters. The first-order valence-electron chi connectivity index (χ1n) is 6.52. The van der Waals surface area contributed by atoms with Crippen molar-refractivity contribution >= 4 is 29.2 Å². The van der Waals surface area contributed by atoms with Gasteiger partial charge in [-0.15, -0.1) is 0 Å². The van der Waals surface area contributed by atoms with Crippen molar-refractivity contribution in [2.75, 3.05) is 19.5 Å². The molecule has 120 valence electrons. The van der Waals surface area contributed by atoms with Crippen LogP contribution in [0.4, 0.5) is 5.69 Å². The van der Waals surface area contributed by atoms with E-state index in [4.69, 9.17) is 16.3 Å². The highest BCUT2D eigenvalue weighted by molar-refractivity contribution is 6.31. The Morgan fingerprint density at radius 2 is 1.87 bits per heavy atom. The molecule has 0 fully saturated rings. The number of carbonyl (C=O) groups excluding carboxylic acids is 2. The molecule has 23 heavy (non-hydrogen) atoms. The van der Waals surface area contributed by atoms with Gasteiger partial charge in [0, 0.05) is 5.02 Å².